The van der Waals surface area contributed by atoms with E-state index in [4.69, 9.17) is 0 Å². The molecule has 16 heavy (non-hydrogen) atoms. The Morgan fingerprint density at radius 1 is 1.06 bits per heavy atom. The van der Waals surface area contributed by atoms with Crippen LogP contribution in [0, 0.1) is 3.57 Å². The van der Waals surface area contributed by atoms with Gasteiger partial charge in [-0.15, -0.1) is 0 Å². The molecule has 0 amide bonds. The number of aromatic nitrogens is 2. The second-order valence-corrected chi connectivity index (χ2v) is 4.82. The third kappa shape index (κ3) is 1.61. The lowest BCUT2D eigenvalue weighted by molar-refractivity contribution is 1.04. The molecular weight excluding hydrogens is 311 g/mol. The Morgan fingerprint density at radius 3 is 2.81 bits per heavy atom. The largest absolute Gasteiger partial charge is 0.301 e. The number of fused-ring (bicyclic) bond motifs is 1. The first-order chi connectivity index (χ1) is 7.84. The van der Waals surface area contributed by atoms with Crippen LogP contribution in [0.3, 0.4) is 0 Å². The maximum Gasteiger partial charge on any atom is 0.137 e. The van der Waals surface area contributed by atoms with Gasteiger partial charge in [0, 0.05) is 21.4 Å². The molecule has 2 nitrogen and oxygen atoms in total. The van der Waals surface area contributed by atoms with Gasteiger partial charge in [0.15, 0.2) is 0 Å². The molecule has 0 bridgehead atoms. The molecule has 0 saturated carbocycles. The Kier molecular flexibility index (Phi) is 2.40. The molecule has 0 aliphatic heterocycles. The van der Waals surface area contributed by atoms with Crippen LogP contribution in [0.2, 0.25) is 0 Å². The summed E-state index contributed by atoms with van der Waals surface area (Å²) in [7, 11) is 0. The van der Waals surface area contributed by atoms with Gasteiger partial charge in [-0.25, -0.2) is 4.98 Å². The molecule has 0 aliphatic rings. The highest BCUT2D eigenvalue weighted by Crippen LogP contribution is 2.21. The summed E-state index contributed by atoms with van der Waals surface area (Å²) in [6.07, 6.45) is 3.87. The van der Waals surface area contributed by atoms with Crippen molar-refractivity contribution >= 4 is 33.5 Å². The summed E-state index contributed by atoms with van der Waals surface area (Å²) in [5.74, 6) is 0.958. The lowest BCUT2D eigenvalue weighted by Crippen LogP contribution is -1.94. The Labute approximate surface area is 107 Å². The van der Waals surface area contributed by atoms with E-state index in [1.54, 1.807) is 0 Å². The van der Waals surface area contributed by atoms with Crippen molar-refractivity contribution in [3.8, 4) is 5.82 Å². The predicted octanol–water partition coefficient (Wildman–Crippen LogP) is 3.63. The molecule has 0 atom stereocenters. The number of benzene rings is 1. The van der Waals surface area contributed by atoms with Crippen LogP contribution in [0.25, 0.3) is 16.7 Å². The third-order valence-electron chi connectivity index (χ3n) is 2.55. The van der Waals surface area contributed by atoms with E-state index in [2.05, 4.69) is 62.6 Å². The van der Waals surface area contributed by atoms with Crippen LogP contribution in [0.5, 0.6) is 0 Å². The topological polar surface area (TPSA) is 17.8 Å². The van der Waals surface area contributed by atoms with Crippen molar-refractivity contribution in [1.82, 2.24) is 9.55 Å². The predicted molar refractivity (Wildman–Crippen MR) is 73.8 cm³/mol. The highest BCUT2D eigenvalue weighted by molar-refractivity contribution is 14.1. The zero-order chi connectivity index (χ0) is 11.0. The number of rotatable bonds is 1. The summed E-state index contributed by atoms with van der Waals surface area (Å²) >= 11 is 2.33. The van der Waals surface area contributed by atoms with Crippen LogP contribution in [0.4, 0.5) is 0 Å². The lowest BCUT2D eigenvalue weighted by Gasteiger charge is -2.03. The van der Waals surface area contributed by atoms with Gasteiger partial charge >= 0.3 is 0 Å². The van der Waals surface area contributed by atoms with Crippen molar-refractivity contribution in [2.45, 2.75) is 0 Å². The minimum Gasteiger partial charge on any atom is -0.301 e. The fourth-order valence-corrected chi connectivity index (χ4v) is 2.27. The van der Waals surface area contributed by atoms with Crippen molar-refractivity contribution in [3.63, 3.8) is 0 Å². The molecule has 1 aromatic carbocycles. The van der Waals surface area contributed by atoms with E-state index in [1.165, 1.54) is 14.5 Å². The minimum atomic E-state index is 0.958. The van der Waals surface area contributed by atoms with Gasteiger partial charge in [-0.05, 0) is 52.9 Å². The number of hydrogen-bond donors (Lipinski definition) is 0. The van der Waals surface area contributed by atoms with Gasteiger partial charge in [0.05, 0.1) is 5.52 Å². The van der Waals surface area contributed by atoms with Gasteiger partial charge in [0.2, 0.25) is 0 Å². The van der Waals surface area contributed by atoms with Crippen molar-refractivity contribution in [2.75, 3.05) is 0 Å². The zero-order valence-electron chi connectivity index (χ0n) is 8.47. The Morgan fingerprint density at radius 2 is 2.00 bits per heavy atom. The number of hydrogen-bond acceptors (Lipinski definition) is 1. The monoisotopic (exact) mass is 320 g/mol. The number of pyridine rings is 1. The van der Waals surface area contributed by atoms with Gasteiger partial charge in [-0.1, -0.05) is 12.1 Å². The van der Waals surface area contributed by atoms with Crippen molar-refractivity contribution in [2.24, 2.45) is 0 Å². The Balaban J connectivity index is 2.29. The molecule has 0 saturated heterocycles. The van der Waals surface area contributed by atoms with Gasteiger partial charge in [0.25, 0.3) is 0 Å². The summed E-state index contributed by atoms with van der Waals surface area (Å²) in [5, 5.41) is 1.24. The first kappa shape index (κ1) is 9.84. The summed E-state index contributed by atoms with van der Waals surface area (Å²) in [6, 6.07) is 14.5. The summed E-state index contributed by atoms with van der Waals surface area (Å²) in [4.78, 5) is 4.36. The summed E-state index contributed by atoms with van der Waals surface area (Å²) in [5.41, 5.74) is 1.20. The van der Waals surface area contributed by atoms with E-state index >= 15 is 0 Å². The molecule has 0 N–H and O–H groups in total. The molecule has 0 aliphatic carbocycles. The van der Waals surface area contributed by atoms with Crippen LogP contribution < -0.4 is 0 Å². The number of nitrogens with zero attached hydrogens (tertiary/aromatic N) is 2. The van der Waals surface area contributed by atoms with Crippen LogP contribution in [0.15, 0.2) is 54.9 Å². The van der Waals surface area contributed by atoms with E-state index in [0.29, 0.717) is 0 Å². The maximum atomic E-state index is 4.36. The van der Waals surface area contributed by atoms with Crippen LogP contribution in [0.1, 0.15) is 0 Å². The molecule has 3 heteroatoms. The fourth-order valence-electron chi connectivity index (χ4n) is 1.80. The zero-order valence-corrected chi connectivity index (χ0v) is 10.6. The summed E-state index contributed by atoms with van der Waals surface area (Å²) in [6.45, 7) is 0. The number of halogens is 1. The van der Waals surface area contributed by atoms with Gasteiger partial charge in [-0.2, -0.15) is 0 Å². The molecule has 3 aromatic rings. The van der Waals surface area contributed by atoms with Crippen molar-refractivity contribution in [3.05, 3.63) is 58.4 Å². The smallest absolute Gasteiger partial charge is 0.137 e. The van der Waals surface area contributed by atoms with E-state index in [1.807, 2.05) is 24.4 Å². The second kappa shape index (κ2) is 3.90. The molecule has 0 spiro atoms. The van der Waals surface area contributed by atoms with Crippen LogP contribution in [-0.2, 0) is 0 Å². The average molecular weight is 320 g/mol. The van der Waals surface area contributed by atoms with Gasteiger partial charge in [-0.3, -0.25) is 0 Å². The molecule has 3 rings (SSSR count). The average Bonchev–Trinajstić information content (AvgIpc) is 2.73. The molecule has 2 heterocycles. The van der Waals surface area contributed by atoms with Crippen molar-refractivity contribution < 1.29 is 0 Å². The Hall–Kier alpha value is -1.36. The Bertz CT molecular complexity index is 629. The minimum absolute atomic E-state index is 0.958. The molecule has 2 aromatic heterocycles. The van der Waals surface area contributed by atoms with Crippen LogP contribution >= 0.6 is 22.6 Å². The fraction of sp³-hybridized carbons (Fsp3) is 0. The van der Waals surface area contributed by atoms with Crippen LogP contribution in [-0.4, -0.2) is 9.55 Å². The molecule has 0 unspecified atom stereocenters. The molecule has 0 radical (unpaired) electrons. The quantitative estimate of drug-likeness (QED) is 0.626. The van der Waals surface area contributed by atoms with E-state index in [0.717, 1.165) is 5.82 Å². The highest BCUT2D eigenvalue weighted by atomic mass is 127. The van der Waals surface area contributed by atoms with E-state index in [-0.39, 0.29) is 0 Å². The third-order valence-corrected chi connectivity index (χ3v) is 3.22. The molecule has 78 valence electrons. The second-order valence-electron chi connectivity index (χ2n) is 3.58. The van der Waals surface area contributed by atoms with Gasteiger partial charge < -0.3 is 4.57 Å². The highest BCUT2D eigenvalue weighted by Gasteiger charge is 2.03. The normalized spacial score (nSPS) is 10.8. The standard InChI is InChI=1S/C13H9IN2/c14-11-5-4-10-6-8-16(12(10)9-11)13-3-1-2-7-15-13/h1-9H. The molecule has 0 fully saturated rings. The SMILES string of the molecule is Ic1ccc2ccn(-c3ccccn3)c2c1. The molecular formula is C13H9IN2. The van der Waals surface area contributed by atoms with Crippen molar-refractivity contribution in [1.29, 1.82) is 0 Å². The first-order valence-corrected chi connectivity index (χ1v) is 6.10. The van der Waals surface area contributed by atoms with E-state index < -0.39 is 0 Å². The lowest BCUT2D eigenvalue weighted by atomic mass is 10.2. The van der Waals surface area contributed by atoms with E-state index in [9.17, 15) is 0 Å². The summed E-state index contributed by atoms with van der Waals surface area (Å²) < 4.78 is 3.35. The van der Waals surface area contributed by atoms with Gasteiger partial charge in [0.1, 0.15) is 5.82 Å². The maximum absolute atomic E-state index is 4.36. The first-order valence-electron chi connectivity index (χ1n) is 5.02.